The summed E-state index contributed by atoms with van der Waals surface area (Å²) in [6.45, 7) is 0. The maximum atomic E-state index is 13.7. The van der Waals surface area contributed by atoms with Crippen LogP contribution in [-0.2, 0) is 9.59 Å². The Morgan fingerprint density at radius 3 is 2.45 bits per heavy atom. The topological polar surface area (TPSA) is 70.5 Å². The van der Waals surface area contributed by atoms with Gasteiger partial charge in [0.2, 0.25) is 0 Å². The zero-order valence-electron chi connectivity index (χ0n) is 16.6. The fraction of sp³-hybridized carbons (Fsp3) is 0.0417. The number of halogens is 3. The average Bonchev–Trinajstić information content (AvgIpc) is 3.32. The van der Waals surface area contributed by atoms with Crippen LogP contribution >= 0.6 is 45.5 Å². The van der Waals surface area contributed by atoms with E-state index in [1.807, 2.05) is 12.1 Å². The number of thiazole rings is 1. The highest BCUT2D eigenvalue weighted by atomic mass is 127. The number of fused-ring (bicyclic) bond motifs is 1. The van der Waals surface area contributed by atoms with E-state index in [9.17, 15) is 19.1 Å². The third kappa shape index (κ3) is 3.92. The van der Waals surface area contributed by atoms with Crippen molar-refractivity contribution >= 4 is 78.3 Å². The van der Waals surface area contributed by atoms with Crippen molar-refractivity contribution in [1.29, 1.82) is 0 Å². The van der Waals surface area contributed by atoms with E-state index < -0.39 is 23.5 Å². The van der Waals surface area contributed by atoms with Crippen LogP contribution < -0.4 is 4.90 Å². The summed E-state index contributed by atoms with van der Waals surface area (Å²) in [7, 11) is 0. The molecule has 1 aromatic heterocycles. The van der Waals surface area contributed by atoms with Gasteiger partial charge in [-0.2, -0.15) is 0 Å². The normalized spacial score (nSPS) is 17.8. The number of aromatic nitrogens is 1. The number of carbonyl (C=O) groups is 2. The third-order valence-electron chi connectivity index (χ3n) is 5.29. The number of nitrogens with zero attached hydrogens (tertiary/aromatic N) is 2. The highest BCUT2D eigenvalue weighted by Gasteiger charge is 2.48. The lowest BCUT2D eigenvalue weighted by Gasteiger charge is -2.23. The van der Waals surface area contributed by atoms with Crippen LogP contribution in [0, 0.1) is 9.39 Å². The molecule has 0 aliphatic carbocycles. The van der Waals surface area contributed by atoms with Gasteiger partial charge in [-0.25, -0.2) is 9.37 Å². The smallest absolute Gasteiger partial charge is 0.301 e. The summed E-state index contributed by atoms with van der Waals surface area (Å²) in [5.41, 5.74) is 1.46. The standard InChI is InChI=1S/C24H13ClFIN2O3S/c25-14-5-1-13(2-6-14)21(30)19-20(12-3-8-16(27)9-4-12)29(23(32)22(19)31)24-28-17-10-7-15(26)11-18(17)33-24/h1-11,20,30H. The van der Waals surface area contributed by atoms with Gasteiger partial charge in [0.25, 0.3) is 5.78 Å². The van der Waals surface area contributed by atoms with Gasteiger partial charge in [0.15, 0.2) is 5.13 Å². The van der Waals surface area contributed by atoms with Crippen molar-refractivity contribution < 1.29 is 19.1 Å². The van der Waals surface area contributed by atoms with E-state index in [-0.39, 0.29) is 16.5 Å². The van der Waals surface area contributed by atoms with Gasteiger partial charge in [-0.3, -0.25) is 14.5 Å². The van der Waals surface area contributed by atoms with Crippen molar-refractivity contribution in [2.75, 3.05) is 4.90 Å². The predicted octanol–water partition coefficient (Wildman–Crippen LogP) is 6.32. The Balaban J connectivity index is 1.73. The highest BCUT2D eigenvalue weighted by molar-refractivity contribution is 14.1. The number of benzene rings is 3. The van der Waals surface area contributed by atoms with E-state index in [0.29, 0.717) is 26.4 Å². The Labute approximate surface area is 210 Å². The first-order chi connectivity index (χ1) is 15.8. The molecule has 0 radical (unpaired) electrons. The molecule has 1 unspecified atom stereocenters. The van der Waals surface area contributed by atoms with Gasteiger partial charge in [-0.05, 0) is 82.8 Å². The van der Waals surface area contributed by atoms with Gasteiger partial charge < -0.3 is 5.11 Å². The lowest BCUT2D eigenvalue weighted by molar-refractivity contribution is -0.132. The van der Waals surface area contributed by atoms with Crippen LogP contribution in [0.15, 0.2) is 72.3 Å². The highest BCUT2D eigenvalue weighted by Crippen LogP contribution is 2.44. The van der Waals surface area contributed by atoms with Crippen molar-refractivity contribution in [2.45, 2.75) is 6.04 Å². The molecule has 1 atom stereocenters. The van der Waals surface area contributed by atoms with Crippen LogP contribution in [0.3, 0.4) is 0 Å². The summed E-state index contributed by atoms with van der Waals surface area (Å²) in [6, 6.07) is 16.9. The molecule has 1 saturated heterocycles. The van der Waals surface area contributed by atoms with Crippen molar-refractivity contribution in [3.8, 4) is 0 Å². The number of anilines is 1. The maximum absolute atomic E-state index is 13.7. The van der Waals surface area contributed by atoms with E-state index in [1.165, 1.54) is 23.1 Å². The van der Waals surface area contributed by atoms with E-state index in [2.05, 4.69) is 27.6 Å². The molecular formula is C24H13ClFIN2O3S. The van der Waals surface area contributed by atoms with Crippen molar-refractivity contribution in [3.05, 3.63) is 97.8 Å². The molecule has 5 nitrogen and oxygen atoms in total. The molecule has 164 valence electrons. The molecule has 1 aliphatic rings. The summed E-state index contributed by atoms with van der Waals surface area (Å²) < 4.78 is 15.2. The van der Waals surface area contributed by atoms with Gasteiger partial charge in [0.05, 0.1) is 21.8 Å². The Morgan fingerprint density at radius 1 is 1.06 bits per heavy atom. The number of aliphatic hydroxyl groups excluding tert-OH is 1. The van der Waals surface area contributed by atoms with Crippen LogP contribution in [0.5, 0.6) is 0 Å². The van der Waals surface area contributed by atoms with Crippen LogP contribution in [0.2, 0.25) is 5.02 Å². The van der Waals surface area contributed by atoms with Crippen molar-refractivity contribution in [1.82, 2.24) is 4.98 Å². The molecule has 0 saturated carbocycles. The second-order valence-electron chi connectivity index (χ2n) is 7.34. The van der Waals surface area contributed by atoms with Gasteiger partial charge in [0.1, 0.15) is 11.6 Å². The fourth-order valence-corrected chi connectivity index (χ4v) is 5.25. The number of rotatable bonds is 3. The fourth-order valence-electron chi connectivity index (χ4n) is 3.74. The third-order valence-corrected chi connectivity index (χ3v) is 7.28. The number of amides is 1. The molecule has 3 aromatic carbocycles. The van der Waals surface area contributed by atoms with E-state index in [1.54, 1.807) is 36.4 Å². The quantitative estimate of drug-likeness (QED) is 0.131. The Hall–Kier alpha value is -2.82. The van der Waals surface area contributed by atoms with Crippen LogP contribution in [-0.4, -0.2) is 21.8 Å². The monoisotopic (exact) mass is 590 g/mol. The number of Topliss-reactive ketones (excluding diaryl/α,β-unsaturated/α-hetero) is 1. The molecule has 5 rings (SSSR count). The van der Waals surface area contributed by atoms with Crippen molar-refractivity contribution in [2.24, 2.45) is 0 Å². The second kappa shape index (κ2) is 8.51. The molecule has 1 amide bonds. The van der Waals surface area contributed by atoms with E-state index in [0.717, 1.165) is 14.9 Å². The number of hydrogen-bond acceptors (Lipinski definition) is 5. The van der Waals surface area contributed by atoms with Crippen molar-refractivity contribution in [3.63, 3.8) is 0 Å². The molecule has 0 bridgehead atoms. The number of aliphatic hydroxyl groups is 1. The maximum Gasteiger partial charge on any atom is 0.301 e. The van der Waals surface area contributed by atoms with E-state index >= 15 is 0 Å². The van der Waals surface area contributed by atoms with Crippen LogP contribution in [0.4, 0.5) is 9.52 Å². The minimum Gasteiger partial charge on any atom is -0.507 e. The molecule has 1 fully saturated rings. The molecule has 33 heavy (non-hydrogen) atoms. The molecule has 0 spiro atoms. The van der Waals surface area contributed by atoms with E-state index in [4.69, 9.17) is 11.6 Å². The minimum absolute atomic E-state index is 0.0473. The lowest BCUT2D eigenvalue weighted by Crippen LogP contribution is -2.29. The Morgan fingerprint density at radius 2 is 1.76 bits per heavy atom. The molecule has 9 heteroatoms. The lowest BCUT2D eigenvalue weighted by atomic mass is 9.95. The molecular weight excluding hydrogens is 578 g/mol. The van der Waals surface area contributed by atoms with Gasteiger partial charge in [0, 0.05) is 14.2 Å². The summed E-state index contributed by atoms with van der Waals surface area (Å²) >= 11 is 9.23. The molecule has 1 N–H and O–H groups in total. The summed E-state index contributed by atoms with van der Waals surface area (Å²) in [5, 5.41) is 11.8. The first-order valence-electron chi connectivity index (χ1n) is 9.72. The summed E-state index contributed by atoms with van der Waals surface area (Å²) in [6.07, 6.45) is 0. The first kappa shape index (κ1) is 22.0. The summed E-state index contributed by atoms with van der Waals surface area (Å²) in [5.74, 6) is -2.36. The number of carbonyl (C=O) groups excluding carboxylic acids is 2. The number of hydrogen-bond donors (Lipinski definition) is 1. The molecule has 4 aromatic rings. The minimum atomic E-state index is -0.900. The SMILES string of the molecule is O=C1C(=O)N(c2nc3ccc(F)cc3s2)C(c2ccc(I)cc2)C1=C(O)c1ccc(Cl)cc1. The Kier molecular flexibility index (Phi) is 5.67. The average molecular weight is 591 g/mol. The zero-order chi connectivity index (χ0) is 23.3. The Bertz CT molecular complexity index is 1450. The van der Waals surface area contributed by atoms with Gasteiger partial charge in [-0.1, -0.05) is 35.1 Å². The van der Waals surface area contributed by atoms with Gasteiger partial charge in [-0.15, -0.1) is 0 Å². The number of ketones is 1. The molecule has 1 aliphatic heterocycles. The summed E-state index contributed by atoms with van der Waals surface area (Å²) in [4.78, 5) is 32.1. The van der Waals surface area contributed by atoms with Gasteiger partial charge >= 0.3 is 5.91 Å². The van der Waals surface area contributed by atoms with Crippen LogP contribution in [0.25, 0.3) is 16.0 Å². The first-order valence-corrected chi connectivity index (χ1v) is 12.0. The van der Waals surface area contributed by atoms with Crippen LogP contribution in [0.1, 0.15) is 17.2 Å². The largest absolute Gasteiger partial charge is 0.507 e. The molecule has 2 heterocycles. The zero-order valence-corrected chi connectivity index (χ0v) is 20.4. The predicted molar refractivity (Wildman–Crippen MR) is 135 cm³/mol. The second-order valence-corrected chi connectivity index (χ2v) is 10.0.